The highest BCUT2D eigenvalue weighted by molar-refractivity contribution is 8.19. The maximum atomic E-state index is 13.4. The van der Waals surface area contributed by atoms with Crippen LogP contribution in [0.3, 0.4) is 0 Å². The molecule has 2 heterocycles. The molecule has 2 aromatic carbocycles. The monoisotopic (exact) mass is 469 g/mol. The second-order valence-corrected chi connectivity index (χ2v) is 9.17. The fourth-order valence-corrected chi connectivity index (χ4v) is 5.13. The van der Waals surface area contributed by atoms with Crippen molar-refractivity contribution in [1.29, 1.82) is 5.41 Å². The minimum Gasteiger partial charge on any atom is -0.493 e. The second-order valence-electron chi connectivity index (χ2n) is 6.99. The van der Waals surface area contributed by atoms with E-state index in [-0.39, 0.29) is 23.3 Å². The summed E-state index contributed by atoms with van der Waals surface area (Å²) in [6.07, 6.45) is 2.48. The summed E-state index contributed by atoms with van der Waals surface area (Å²) in [6.45, 7) is 2.17. The van der Waals surface area contributed by atoms with Gasteiger partial charge in [-0.1, -0.05) is 36.9 Å². The zero-order chi connectivity index (χ0) is 22.7. The molecule has 9 heteroatoms. The number of benzene rings is 2. The van der Waals surface area contributed by atoms with Crippen LogP contribution in [0, 0.1) is 11.2 Å². The summed E-state index contributed by atoms with van der Waals surface area (Å²) in [6, 6.07) is 11.5. The Bertz CT molecular complexity index is 1210. The van der Waals surface area contributed by atoms with Crippen molar-refractivity contribution < 1.29 is 18.7 Å². The van der Waals surface area contributed by atoms with Crippen LogP contribution in [0.4, 0.5) is 4.39 Å². The highest BCUT2D eigenvalue weighted by Crippen LogP contribution is 2.42. The lowest BCUT2D eigenvalue weighted by atomic mass is 10.1. The Balaban J connectivity index is 1.52. The van der Waals surface area contributed by atoms with Gasteiger partial charge in [-0.2, -0.15) is 0 Å². The van der Waals surface area contributed by atoms with Crippen LogP contribution in [0.1, 0.15) is 34.0 Å². The molecular weight excluding hydrogens is 449 g/mol. The molecule has 164 valence electrons. The van der Waals surface area contributed by atoms with E-state index in [1.807, 2.05) is 6.92 Å². The number of halogens is 1. The van der Waals surface area contributed by atoms with E-state index in [2.05, 4.69) is 10.2 Å². The molecule has 0 spiro atoms. The SMILES string of the molecule is CCc1nnc([C@@H]2C(=N)S/C(=C\c3ccc(OCc4cccc(F)c4)c(OC)c3)C2=O)s1. The maximum absolute atomic E-state index is 13.4. The van der Waals surface area contributed by atoms with Crippen LogP contribution in [-0.2, 0) is 17.8 Å². The van der Waals surface area contributed by atoms with Gasteiger partial charge in [0.05, 0.1) is 17.1 Å². The number of ether oxygens (including phenoxy) is 2. The number of nitrogens with one attached hydrogen (secondary N) is 1. The van der Waals surface area contributed by atoms with Crippen molar-refractivity contribution in [1.82, 2.24) is 10.2 Å². The van der Waals surface area contributed by atoms with Crippen molar-refractivity contribution in [3.63, 3.8) is 0 Å². The quantitative estimate of drug-likeness (QED) is 0.476. The largest absolute Gasteiger partial charge is 0.493 e. The third-order valence-electron chi connectivity index (χ3n) is 4.79. The van der Waals surface area contributed by atoms with Gasteiger partial charge >= 0.3 is 0 Å². The van der Waals surface area contributed by atoms with Crippen molar-refractivity contribution in [3.8, 4) is 11.5 Å². The number of methoxy groups -OCH3 is 1. The Morgan fingerprint density at radius 2 is 2.03 bits per heavy atom. The lowest BCUT2D eigenvalue weighted by molar-refractivity contribution is -0.114. The first-order chi connectivity index (χ1) is 15.5. The van der Waals surface area contributed by atoms with Gasteiger partial charge in [0.2, 0.25) is 0 Å². The standard InChI is InChI=1S/C23H20FN3O3S2/c1-3-19-26-27-23(32-19)20-21(28)18(31-22(20)25)11-13-7-8-16(17(10-13)29-2)30-12-14-5-4-6-15(24)9-14/h4-11,20,25H,3,12H2,1-2H3/b18-11-,25-22?/t20-/m0/s1. The Morgan fingerprint density at radius 3 is 2.75 bits per heavy atom. The maximum Gasteiger partial charge on any atom is 0.186 e. The van der Waals surface area contributed by atoms with Gasteiger partial charge in [0.15, 0.2) is 17.3 Å². The molecule has 3 aromatic rings. The van der Waals surface area contributed by atoms with E-state index in [1.54, 1.807) is 36.4 Å². The average Bonchev–Trinajstić information content (AvgIpc) is 3.36. The number of hydrogen-bond acceptors (Lipinski definition) is 8. The molecule has 1 saturated heterocycles. The van der Waals surface area contributed by atoms with Gasteiger partial charge in [-0.25, -0.2) is 4.39 Å². The summed E-state index contributed by atoms with van der Waals surface area (Å²) in [5.74, 6) is -0.142. The number of thioether (sulfide) groups is 1. The van der Waals surface area contributed by atoms with Gasteiger partial charge in [0.1, 0.15) is 28.4 Å². The van der Waals surface area contributed by atoms with E-state index in [0.29, 0.717) is 27.0 Å². The van der Waals surface area contributed by atoms with Crippen LogP contribution in [0.15, 0.2) is 47.4 Å². The van der Waals surface area contributed by atoms with E-state index in [1.165, 1.54) is 30.6 Å². The molecular formula is C23H20FN3O3S2. The van der Waals surface area contributed by atoms with Crippen molar-refractivity contribution in [2.24, 2.45) is 0 Å². The Labute approximate surface area is 193 Å². The average molecular weight is 470 g/mol. The number of nitrogens with zero attached hydrogens (tertiary/aromatic N) is 2. The number of hydrogen-bond donors (Lipinski definition) is 1. The number of allylic oxidation sites excluding steroid dienone is 1. The summed E-state index contributed by atoms with van der Waals surface area (Å²) in [4.78, 5) is 13.4. The van der Waals surface area contributed by atoms with Crippen LogP contribution < -0.4 is 9.47 Å². The molecule has 1 aromatic heterocycles. The van der Waals surface area contributed by atoms with E-state index < -0.39 is 5.92 Å². The number of rotatable bonds is 7. The molecule has 1 atom stereocenters. The Hall–Kier alpha value is -3.04. The van der Waals surface area contributed by atoms with Gasteiger partial charge in [-0.15, -0.1) is 21.5 Å². The van der Waals surface area contributed by atoms with Gasteiger partial charge in [0, 0.05) is 0 Å². The highest BCUT2D eigenvalue weighted by atomic mass is 32.2. The third kappa shape index (κ3) is 4.73. The molecule has 6 nitrogen and oxygen atoms in total. The number of carbonyl (C=O) groups excluding carboxylic acids is 1. The fourth-order valence-electron chi connectivity index (χ4n) is 3.17. The first-order valence-corrected chi connectivity index (χ1v) is 11.5. The predicted octanol–water partition coefficient (Wildman–Crippen LogP) is 5.25. The number of carbonyl (C=O) groups is 1. The van der Waals surface area contributed by atoms with Crippen LogP contribution in [0.2, 0.25) is 0 Å². The second kappa shape index (κ2) is 9.62. The molecule has 0 unspecified atom stereocenters. The van der Waals surface area contributed by atoms with E-state index in [9.17, 15) is 9.18 Å². The molecule has 1 aliphatic heterocycles. The predicted molar refractivity (Wildman–Crippen MR) is 124 cm³/mol. The Morgan fingerprint density at radius 1 is 1.19 bits per heavy atom. The van der Waals surface area contributed by atoms with Gasteiger partial charge in [0.25, 0.3) is 0 Å². The van der Waals surface area contributed by atoms with E-state index in [4.69, 9.17) is 14.9 Å². The number of ketones is 1. The summed E-state index contributed by atoms with van der Waals surface area (Å²) in [5, 5.41) is 18.1. The minimum absolute atomic E-state index is 0.149. The minimum atomic E-state index is -0.681. The number of aryl methyl sites for hydroxylation is 1. The molecule has 1 aliphatic rings. The summed E-state index contributed by atoms with van der Waals surface area (Å²) >= 11 is 2.52. The molecule has 0 amide bonds. The topological polar surface area (TPSA) is 85.2 Å². The molecule has 1 fully saturated rings. The van der Waals surface area contributed by atoms with Gasteiger partial charge < -0.3 is 9.47 Å². The van der Waals surface area contributed by atoms with Crippen molar-refractivity contribution >= 4 is 40.0 Å². The first-order valence-electron chi connectivity index (χ1n) is 9.88. The molecule has 32 heavy (non-hydrogen) atoms. The third-order valence-corrected chi connectivity index (χ3v) is 6.91. The van der Waals surface area contributed by atoms with Gasteiger partial charge in [-0.3, -0.25) is 10.2 Å². The van der Waals surface area contributed by atoms with Crippen molar-refractivity contribution in [2.75, 3.05) is 7.11 Å². The molecule has 0 radical (unpaired) electrons. The Kier molecular flexibility index (Phi) is 6.66. The van der Waals surface area contributed by atoms with Crippen LogP contribution in [-0.4, -0.2) is 28.1 Å². The number of Topliss-reactive ketones (excluding diaryl/α,β-unsaturated/α-hetero) is 1. The van der Waals surface area contributed by atoms with Crippen LogP contribution >= 0.6 is 23.1 Å². The van der Waals surface area contributed by atoms with E-state index in [0.717, 1.165) is 28.8 Å². The lowest BCUT2D eigenvalue weighted by Gasteiger charge is -2.11. The summed E-state index contributed by atoms with van der Waals surface area (Å²) < 4.78 is 24.6. The van der Waals surface area contributed by atoms with Gasteiger partial charge in [-0.05, 0) is 47.9 Å². The molecule has 0 aliphatic carbocycles. The van der Waals surface area contributed by atoms with Crippen molar-refractivity contribution in [3.05, 3.63) is 74.3 Å². The molecule has 1 N–H and O–H groups in total. The summed E-state index contributed by atoms with van der Waals surface area (Å²) in [5.41, 5.74) is 1.45. The smallest absolute Gasteiger partial charge is 0.186 e. The van der Waals surface area contributed by atoms with Crippen LogP contribution in [0.5, 0.6) is 11.5 Å². The lowest BCUT2D eigenvalue weighted by Crippen LogP contribution is -2.11. The zero-order valence-electron chi connectivity index (χ0n) is 17.4. The fraction of sp³-hybridized carbons (Fsp3) is 0.217. The molecule has 4 rings (SSSR count). The summed E-state index contributed by atoms with van der Waals surface area (Å²) in [7, 11) is 1.53. The normalized spacial score (nSPS) is 17.2. The molecule has 0 bridgehead atoms. The van der Waals surface area contributed by atoms with E-state index >= 15 is 0 Å². The van der Waals surface area contributed by atoms with Crippen molar-refractivity contribution in [2.45, 2.75) is 25.9 Å². The zero-order valence-corrected chi connectivity index (χ0v) is 19.1. The van der Waals surface area contributed by atoms with Crippen LogP contribution in [0.25, 0.3) is 6.08 Å². The number of aromatic nitrogens is 2. The first kappa shape index (κ1) is 22.2. The molecule has 0 saturated carbocycles. The highest BCUT2D eigenvalue weighted by Gasteiger charge is 2.39.